The third-order valence-corrected chi connectivity index (χ3v) is 4.31. The molecule has 2 unspecified atom stereocenters. The van der Waals surface area contributed by atoms with Gasteiger partial charge in [-0.15, -0.1) is 0 Å². The summed E-state index contributed by atoms with van der Waals surface area (Å²) in [4.78, 5) is 0. The molecule has 2 fully saturated rings. The van der Waals surface area contributed by atoms with Crippen molar-refractivity contribution in [1.29, 1.82) is 0 Å². The SMILES string of the molecule is Cc1ccc(C)c(NC2CCOC3(CCOC3)C2)c1. The van der Waals surface area contributed by atoms with Gasteiger partial charge in [-0.05, 0) is 43.9 Å². The molecule has 2 heterocycles. The quantitative estimate of drug-likeness (QED) is 0.887. The molecule has 3 heteroatoms. The molecule has 2 atom stereocenters. The van der Waals surface area contributed by atoms with Gasteiger partial charge >= 0.3 is 0 Å². The van der Waals surface area contributed by atoms with E-state index in [-0.39, 0.29) is 5.60 Å². The normalized spacial score (nSPS) is 30.7. The molecule has 19 heavy (non-hydrogen) atoms. The van der Waals surface area contributed by atoms with Crippen LogP contribution in [0.1, 0.15) is 30.4 Å². The van der Waals surface area contributed by atoms with E-state index in [0.717, 1.165) is 39.1 Å². The highest BCUT2D eigenvalue weighted by molar-refractivity contribution is 5.53. The Kier molecular flexibility index (Phi) is 3.50. The average molecular weight is 261 g/mol. The topological polar surface area (TPSA) is 30.5 Å². The molecule has 0 amide bonds. The number of benzene rings is 1. The summed E-state index contributed by atoms with van der Waals surface area (Å²) < 4.78 is 11.5. The molecule has 3 rings (SSSR count). The molecule has 1 N–H and O–H groups in total. The molecular formula is C16H23NO2. The minimum absolute atomic E-state index is 0.0202. The molecule has 104 valence electrons. The fraction of sp³-hybridized carbons (Fsp3) is 0.625. The van der Waals surface area contributed by atoms with Gasteiger partial charge in [0, 0.05) is 31.4 Å². The Labute approximate surface area is 115 Å². The van der Waals surface area contributed by atoms with Crippen molar-refractivity contribution in [2.45, 2.75) is 44.8 Å². The number of hydrogen-bond donors (Lipinski definition) is 1. The number of hydrogen-bond acceptors (Lipinski definition) is 3. The molecule has 2 saturated heterocycles. The van der Waals surface area contributed by atoms with Crippen LogP contribution in [-0.2, 0) is 9.47 Å². The first kappa shape index (κ1) is 12.9. The number of anilines is 1. The van der Waals surface area contributed by atoms with Gasteiger partial charge in [0.1, 0.15) is 0 Å². The number of rotatable bonds is 2. The van der Waals surface area contributed by atoms with Gasteiger partial charge in [-0.3, -0.25) is 0 Å². The lowest BCUT2D eigenvalue weighted by Crippen LogP contribution is -2.45. The highest BCUT2D eigenvalue weighted by Crippen LogP contribution is 2.34. The summed E-state index contributed by atoms with van der Waals surface area (Å²) in [6, 6.07) is 7.08. The summed E-state index contributed by atoms with van der Waals surface area (Å²) >= 11 is 0. The fourth-order valence-electron chi connectivity index (χ4n) is 3.13. The maximum Gasteiger partial charge on any atom is 0.0956 e. The molecular weight excluding hydrogens is 238 g/mol. The van der Waals surface area contributed by atoms with Crippen LogP contribution in [0.3, 0.4) is 0 Å². The predicted molar refractivity (Wildman–Crippen MR) is 76.7 cm³/mol. The zero-order chi connectivity index (χ0) is 13.3. The third kappa shape index (κ3) is 2.77. The van der Waals surface area contributed by atoms with Crippen LogP contribution in [0.15, 0.2) is 18.2 Å². The molecule has 1 aromatic rings. The minimum Gasteiger partial charge on any atom is -0.382 e. The summed E-state index contributed by atoms with van der Waals surface area (Å²) in [7, 11) is 0. The van der Waals surface area contributed by atoms with E-state index in [1.165, 1.54) is 16.8 Å². The molecule has 0 aliphatic carbocycles. The van der Waals surface area contributed by atoms with E-state index in [4.69, 9.17) is 9.47 Å². The number of nitrogens with one attached hydrogen (secondary N) is 1. The first-order valence-electron chi connectivity index (χ1n) is 7.22. The summed E-state index contributed by atoms with van der Waals surface area (Å²) in [5.74, 6) is 0. The summed E-state index contributed by atoms with van der Waals surface area (Å²) in [6.45, 7) is 6.75. The average Bonchev–Trinajstić information content (AvgIpc) is 2.82. The molecule has 1 aromatic carbocycles. The van der Waals surface area contributed by atoms with Crippen molar-refractivity contribution < 1.29 is 9.47 Å². The van der Waals surface area contributed by atoms with Crippen molar-refractivity contribution in [2.75, 3.05) is 25.1 Å². The first-order valence-corrected chi connectivity index (χ1v) is 7.22. The van der Waals surface area contributed by atoms with E-state index in [1.54, 1.807) is 0 Å². The van der Waals surface area contributed by atoms with Crippen LogP contribution in [0.25, 0.3) is 0 Å². The van der Waals surface area contributed by atoms with Gasteiger partial charge in [0.25, 0.3) is 0 Å². The molecule has 0 radical (unpaired) electrons. The van der Waals surface area contributed by atoms with E-state index >= 15 is 0 Å². The van der Waals surface area contributed by atoms with Crippen LogP contribution in [0.4, 0.5) is 5.69 Å². The maximum absolute atomic E-state index is 5.98. The van der Waals surface area contributed by atoms with Crippen molar-refractivity contribution in [2.24, 2.45) is 0 Å². The smallest absolute Gasteiger partial charge is 0.0956 e. The van der Waals surface area contributed by atoms with Crippen molar-refractivity contribution in [3.63, 3.8) is 0 Å². The second kappa shape index (κ2) is 5.14. The lowest BCUT2D eigenvalue weighted by Gasteiger charge is -2.38. The van der Waals surface area contributed by atoms with Crippen LogP contribution in [0.2, 0.25) is 0 Å². The van der Waals surface area contributed by atoms with Crippen LogP contribution in [-0.4, -0.2) is 31.5 Å². The van der Waals surface area contributed by atoms with Crippen LogP contribution in [0, 0.1) is 13.8 Å². The standard InChI is InChI=1S/C16H23NO2/c1-12-3-4-13(2)15(9-12)17-14-5-7-19-16(10-14)6-8-18-11-16/h3-4,9,14,17H,5-8,10-11H2,1-2H3. The molecule has 0 bridgehead atoms. The Morgan fingerprint density at radius 1 is 1.26 bits per heavy atom. The zero-order valence-electron chi connectivity index (χ0n) is 11.9. The van der Waals surface area contributed by atoms with Gasteiger partial charge in [0.2, 0.25) is 0 Å². The molecule has 0 saturated carbocycles. The Bertz CT molecular complexity index is 452. The predicted octanol–water partition coefficient (Wildman–Crippen LogP) is 3.05. The van der Waals surface area contributed by atoms with E-state index in [1.807, 2.05) is 0 Å². The fourth-order valence-corrected chi connectivity index (χ4v) is 3.13. The molecule has 0 aromatic heterocycles. The van der Waals surface area contributed by atoms with E-state index in [2.05, 4.69) is 37.4 Å². The van der Waals surface area contributed by atoms with Crippen LogP contribution >= 0.6 is 0 Å². The summed E-state index contributed by atoms with van der Waals surface area (Å²) in [5, 5.41) is 3.71. The Balaban J connectivity index is 1.70. The zero-order valence-corrected chi connectivity index (χ0v) is 11.9. The Morgan fingerprint density at radius 3 is 2.95 bits per heavy atom. The second-order valence-electron chi connectivity index (χ2n) is 5.99. The molecule has 2 aliphatic heterocycles. The highest BCUT2D eigenvalue weighted by atomic mass is 16.6. The van der Waals surface area contributed by atoms with Crippen LogP contribution in [0.5, 0.6) is 0 Å². The number of aryl methyl sites for hydroxylation is 2. The molecule has 3 nitrogen and oxygen atoms in total. The lowest BCUT2D eigenvalue weighted by molar-refractivity contribution is -0.0828. The van der Waals surface area contributed by atoms with E-state index in [0.29, 0.717) is 6.04 Å². The van der Waals surface area contributed by atoms with Gasteiger partial charge in [-0.25, -0.2) is 0 Å². The maximum atomic E-state index is 5.98. The van der Waals surface area contributed by atoms with E-state index in [9.17, 15) is 0 Å². The van der Waals surface area contributed by atoms with Gasteiger partial charge in [-0.1, -0.05) is 12.1 Å². The Hall–Kier alpha value is -1.06. The van der Waals surface area contributed by atoms with Crippen molar-refractivity contribution in [1.82, 2.24) is 0 Å². The second-order valence-corrected chi connectivity index (χ2v) is 5.99. The highest BCUT2D eigenvalue weighted by Gasteiger charge is 2.41. The summed E-state index contributed by atoms with van der Waals surface area (Å²) in [5.41, 5.74) is 3.86. The van der Waals surface area contributed by atoms with Gasteiger partial charge in [0.15, 0.2) is 0 Å². The van der Waals surface area contributed by atoms with Crippen molar-refractivity contribution in [3.05, 3.63) is 29.3 Å². The third-order valence-electron chi connectivity index (χ3n) is 4.31. The van der Waals surface area contributed by atoms with E-state index < -0.39 is 0 Å². The van der Waals surface area contributed by atoms with Gasteiger partial charge in [-0.2, -0.15) is 0 Å². The van der Waals surface area contributed by atoms with Crippen molar-refractivity contribution >= 4 is 5.69 Å². The van der Waals surface area contributed by atoms with Crippen molar-refractivity contribution in [3.8, 4) is 0 Å². The number of ether oxygens (including phenoxy) is 2. The molecule has 2 aliphatic rings. The van der Waals surface area contributed by atoms with Gasteiger partial charge < -0.3 is 14.8 Å². The van der Waals surface area contributed by atoms with Gasteiger partial charge in [0.05, 0.1) is 12.2 Å². The minimum atomic E-state index is -0.0202. The summed E-state index contributed by atoms with van der Waals surface area (Å²) in [6.07, 6.45) is 3.17. The largest absolute Gasteiger partial charge is 0.382 e. The molecule has 1 spiro atoms. The Morgan fingerprint density at radius 2 is 2.16 bits per heavy atom. The monoisotopic (exact) mass is 261 g/mol. The first-order chi connectivity index (χ1) is 9.17. The lowest BCUT2D eigenvalue weighted by atomic mass is 9.89. The van der Waals surface area contributed by atoms with Crippen LogP contribution < -0.4 is 5.32 Å².